The van der Waals surface area contributed by atoms with E-state index in [1.807, 2.05) is 18.2 Å². The van der Waals surface area contributed by atoms with Crippen LogP contribution < -0.4 is 10.2 Å². The fourth-order valence-electron chi connectivity index (χ4n) is 2.75. The van der Waals surface area contributed by atoms with E-state index in [2.05, 4.69) is 37.1 Å². The molecule has 3 rings (SSSR count). The van der Waals surface area contributed by atoms with Crippen LogP contribution in [0.25, 0.3) is 10.9 Å². The molecular formula is C18H23N3O. The molecule has 1 heterocycles. The molecule has 1 amide bonds. The quantitative estimate of drug-likeness (QED) is 0.914. The smallest absolute Gasteiger partial charge is 0.227 e. The maximum absolute atomic E-state index is 11.9. The van der Waals surface area contributed by atoms with E-state index in [1.54, 1.807) is 0 Å². The lowest BCUT2D eigenvalue weighted by Crippen LogP contribution is -2.23. The predicted octanol–water partition coefficient (Wildman–Crippen LogP) is 3.74. The number of amides is 1. The van der Waals surface area contributed by atoms with Gasteiger partial charge in [-0.2, -0.15) is 0 Å². The first-order valence-corrected chi connectivity index (χ1v) is 8.09. The van der Waals surface area contributed by atoms with E-state index in [0.29, 0.717) is 0 Å². The van der Waals surface area contributed by atoms with Crippen LogP contribution in [0.2, 0.25) is 0 Å². The van der Waals surface area contributed by atoms with E-state index < -0.39 is 0 Å². The summed E-state index contributed by atoms with van der Waals surface area (Å²) >= 11 is 0. The lowest BCUT2D eigenvalue weighted by atomic mass is 10.1. The van der Waals surface area contributed by atoms with Crippen LogP contribution in [0.3, 0.4) is 0 Å². The van der Waals surface area contributed by atoms with Crippen LogP contribution in [0, 0.1) is 12.8 Å². The van der Waals surface area contributed by atoms with Crippen molar-refractivity contribution in [1.29, 1.82) is 0 Å². The molecule has 116 valence electrons. The Balaban J connectivity index is 1.93. The molecule has 2 aromatic rings. The molecule has 0 spiro atoms. The summed E-state index contributed by atoms with van der Waals surface area (Å²) in [5.74, 6) is 1.38. The van der Waals surface area contributed by atoms with Crippen molar-refractivity contribution in [3.8, 4) is 0 Å². The van der Waals surface area contributed by atoms with Crippen LogP contribution in [-0.4, -0.2) is 24.0 Å². The van der Waals surface area contributed by atoms with Crippen LogP contribution in [0.1, 0.15) is 32.3 Å². The zero-order chi connectivity index (χ0) is 15.7. The maximum Gasteiger partial charge on any atom is 0.227 e. The summed E-state index contributed by atoms with van der Waals surface area (Å²) in [6, 6.07) is 8.10. The molecule has 22 heavy (non-hydrogen) atoms. The van der Waals surface area contributed by atoms with Gasteiger partial charge in [0, 0.05) is 30.1 Å². The van der Waals surface area contributed by atoms with E-state index >= 15 is 0 Å². The number of aryl methyl sites for hydroxylation is 1. The number of hydrogen-bond donors (Lipinski definition) is 1. The molecular weight excluding hydrogens is 274 g/mol. The van der Waals surface area contributed by atoms with Crippen LogP contribution in [0.15, 0.2) is 24.3 Å². The highest BCUT2D eigenvalue weighted by atomic mass is 16.2. The van der Waals surface area contributed by atoms with Gasteiger partial charge in [0.25, 0.3) is 0 Å². The van der Waals surface area contributed by atoms with Gasteiger partial charge in [0.05, 0.1) is 5.52 Å². The number of carbonyl (C=O) groups excluding carboxylic acids is 1. The first kappa shape index (κ1) is 14.8. The van der Waals surface area contributed by atoms with Crippen LogP contribution in [0.5, 0.6) is 0 Å². The first-order chi connectivity index (χ1) is 10.6. The molecule has 1 fully saturated rings. The minimum Gasteiger partial charge on any atom is -0.357 e. The molecule has 1 aliphatic rings. The summed E-state index contributed by atoms with van der Waals surface area (Å²) in [6.45, 7) is 8.28. The van der Waals surface area contributed by atoms with Gasteiger partial charge in [-0.15, -0.1) is 0 Å². The first-order valence-electron chi connectivity index (χ1n) is 8.09. The molecule has 1 N–H and O–H groups in total. The largest absolute Gasteiger partial charge is 0.357 e. The monoisotopic (exact) mass is 297 g/mol. The van der Waals surface area contributed by atoms with Gasteiger partial charge < -0.3 is 10.2 Å². The van der Waals surface area contributed by atoms with E-state index in [9.17, 15) is 4.79 Å². The van der Waals surface area contributed by atoms with Gasteiger partial charge in [0.15, 0.2) is 0 Å². The number of hydrogen-bond acceptors (Lipinski definition) is 3. The second-order valence-electron chi connectivity index (χ2n) is 5.97. The normalized spacial score (nSPS) is 14.1. The summed E-state index contributed by atoms with van der Waals surface area (Å²) in [4.78, 5) is 18.9. The third kappa shape index (κ3) is 2.91. The van der Waals surface area contributed by atoms with Crippen LogP contribution in [-0.2, 0) is 4.79 Å². The fourth-order valence-corrected chi connectivity index (χ4v) is 2.75. The molecule has 1 aromatic heterocycles. The zero-order valence-electron chi connectivity index (χ0n) is 13.5. The van der Waals surface area contributed by atoms with Gasteiger partial charge in [-0.05, 0) is 63.4 Å². The summed E-state index contributed by atoms with van der Waals surface area (Å²) in [7, 11) is 0. The lowest BCUT2D eigenvalue weighted by molar-refractivity contribution is -0.117. The van der Waals surface area contributed by atoms with Crippen molar-refractivity contribution >= 4 is 28.3 Å². The van der Waals surface area contributed by atoms with E-state index in [4.69, 9.17) is 4.98 Å². The number of benzene rings is 1. The van der Waals surface area contributed by atoms with E-state index in [1.165, 1.54) is 5.56 Å². The van der Waals surface area contributed by atoms with Crippen LogP contribution in [0.4, 0.5) is 11.5 Å². The summed E-state index contributed by atoms with van der Waals surface area (Å²) < 4.78 is 0. The highest BCUT2D eigenvalue weighted by Gasteiger charge is 2.29. The Bertz CT molecular complexity index is 703. The number of pyridine rings is 1. The Morgan fingerprint density at radius 3 is 2.64 bits per heavy atom. The molecule has 1 saturated carbocycles. The number of fused-ring (bicyclic) bond motifs is 1. The second-order valence-corrected chi connectivity index (χ2v) is 5.97. The highest BCUT2D eigenvalue weighted by Crippen LogP contribution is 2.31. The molecule has 4 nitrogen and oxygen atoms in total. The average molecular weight is 297 g/mol. The molecule has 0 aliphatic heterocycles. The van der Waals surface area contributed by atoms with Crippen molar-refractivity contribution in [1.82, 2.24) is 4.98 Å². The molecule has 0 bridgehead atoms. The van der Waals surface area contributed by atoms with Crippen molar-refractivity contribution in [2.45, 2.75) is 33.6 Å². The molecule has 0 radical (unpaired) electrons. The van der Waals surface area contributed by atoms with Gasteiger partial charge in [-0.25, -0.2) is 4.98 Å². The van der Waals surface area contributed by atoms with Gasteiger partial charge >= 0.3 is 0 Å². The standard InChI is InChI=1S/C18H23N3O/c1-4-21(5-2)17-10-12(3)15-11-14(8-9-16(15)20-17)19-18(22)13-6-7-13/h8-11,13H,4-7H2,1-3H3,(H,19,22). The number of aromatic nitrogens is 1. The van der Waals surface area contributed by atoms with Crippen molar-refractivity contribution in [3.05, 3.63) is 29.8 Å². The lowest BCUT2D eigenvalue weighted by Gasteiger charge is -2.21. The minimum absolute atomic E-state index is 0.143. The van der Waals surface area contributed by atoms with E-state index in [0.717, 1.165) is 48.3 Å². The second kappa shape index (κ2) is 5.95. The average Bonchev–Trinajstić information content (AvgIpc) is 3.34. The molecule has 0 atom stereocenters. The number of anilines is 2. The maximum atomic E-state index is 11.9. The third-order valence-electron chi connectivity index (χ3n) is 4.31. The van der Waals surface area contributed by atoms with Crippen LogP contribution >= 0.6 is 0 Å². The Morgan fingerprint density at radius 1 is 1.27 bits per heavy atom. The van der Waals surface area contributed by atoms with Gasteiger partial charge in [0.2, 0.25) is 5.91 Å². The number of carbonyl (C=O) groups is 1. The third-order valence-corrected chi connectivity index (χ3v) is 4.31. The number of rotatable bonds is 5. The van der Waals surface area contributed by atoms with Crippen molar-refractivity contribution in [2.24, 2.45) is 5.92 Å². The highest BCUT2D eigenvalue weighted by molar-refractivity contribution is 5.96. The topological polar surface area (TPSA) is 45.2 Å². The fraction of sp³-hybridized carbons (Fsp3) is 0.444. The van der Waals surface area contributed by atoms with Crippen molar-refractivity contribution < 1.29 is 4.79 Å². The van der Waals surface area contributed by atoms with Crippen molar-refractivity contribution in [2.75, 3.05) is 23.3 Å². The number of nitrogens with one attached hydrogen (secondary N) is 1. The Kier molecular flexibility index (Phi) is 4.01. The molecule has 0 unspecified atom stereocenters. The predicted molar refractivity (Wildman–Crippen MR) is 91.4 cm³/mol. The SMILES string of the molecule is CCN(CC)c1cc(C)c2cc(NC(=O)C3CC3)ccc2n1. The van der Waals surface area contributed by atoms with Gasteiger partial charge in [0.1, 0.15) is 5.82 Å². The zero-order valence-corrected chi connectivity index (χ0v) is 13.5. The molecule has 1 aliphatic carbocycles. The summed E-state index contributed by atoms with van der Waals surface area (Å²) in [5.41, 5.74) is 3.03. The Labute approximate surface area is 131 Å². The molecule has 4 heteroatoms. The van der Waals surface area contributed by atoms with E-state index in [-0.39, 0.29) is 11.8 Å². The minimum atomic E-state index is 0.143. The Hall–Kier alpha value is -2.10. The summed E-state index contributed by atoms with van der Waals surface area (Å²) in [6.07, 6.45) is 2.04. The number of nitrogens with zero attached hydrogens (tertiary/aromatic N) is 2. The van der Waals surface area contributed by atoms with Gasteiger partial charge in [-0.3, -0.25) is 4.79 Å². The van der Waals surface area contributed by atoms with Crippen molar-refractivity contribution in [3.63, 3.8) is 0 Å². The summed E-state index contributed by atoms with van der Waals surface area (Å²) in [5, 5.41) is 4.11. The Morgan fingerprint density at radius 2 is 2.00 bits per heavy atom. The molecule has 1 aromatic carbocycles. The van der Waals surface area contributed by atoms with Gasteiger partial charge in [-0.1, -0.05) is 0 Å². The molecule has 0 saturated heterocycles.